The minimum Gasteiger partial charge on any atom is -0.493 e. The lowest BCUT2D eigenvalue weighted by Crippen LogP contribution is -2.01. The minimum absolute atomic E-state index is 0.405. The quantitative estimate of drug-likeness (QED) is 0.496. The molecule has 0 N–H and O–H groups in total. The molecule has 0 aliphatic rings. The van der Waals surface area contributed by atoms with Gasteiger partial charge in [-0.25, -0.2) is 0 Å². The maximum Gasteiger partial charge on any atom is 0.160 e. The molecule has 27 heavy (non-hydrogen) atoms. The summed E-state index contributed by atoms with van der Waals surface area (Å²) >= 11 is 0. The van der Waals surface area contributed by atoms with E-state index >= 15 is 0 Å². The second-order valence-electron chi connectivity index (χ2n) is 6.42. The van der Waals surface area contributed by atoms with E-state index in [1.165, 1.54) is 11.1 Å². The molecule has 4 nitrogen and oxygen atoms in total. The first kappa shape index (κ1) is 20.7. The average Bonchev–Trinajstić information content (AvgIpc) is 2.72. The van der Waals surface area contributed by atoms with Gasteiger partial charge in [0.25, 0.3) is 0 Å². The zero-order chi connectivity index (χ0) is 19.6. The Labute approximate surface area is 162 Å². The molecule has 146 valence electrons. The van der Waals surface area contributed by atoms with Crippen LogP contribution in [0, 0.1) is 0 Å². The van der Waals surface area contributed by atoms with Crippen LogP contribution in [0.25, 0.3) is 0 Å². The number of allylic oxidation sites excluding steroid dienone is 1. The van der Waals surface area contributed by atoms with Crippen LogP contribution in [0.2, 0.25) is 0 Å². The molecule has 0 amide bonds. The predicted octanol–water partition coefficient (Wildman–Crippen LogP) is 5.40. The van der Waals surface area contributed by atoms with Crippen molar-refractivity contribution in [2.24, 2.45) is 0 Å². The van der Waals surface area contributed by atoms with Gasteiger partial charge in [-0.2, -0.15) is 0 Å². The molecule has 0 fully saturated rings. The van der Waals surface area contributed by atoms with Crippen molar-refractivity contribution in [3.05, 3.63) is 60.2 Å². The lowest BCUT2D eigenvalue weighted by Gasteiger charge is -2.18. The van der Waals surface area contributed by atoms with Crippen LogP contribution < -0.4 is 18.9 Å². The summed E-state index contributed by atoms with van der Waals surface area (Å²) in [5, 5.41) is 0. The SMILES string of the molecule is C=CCC(CCCc1ccc(OC)c(OC)c1)c1ccc(OC)c(OC)c1. The lowest BCUT2D eigenvalue weighted by atomic mass is 9.89. The molecule has 0 saturated carbocycles. The number of ether oxygens (including phenoxy) is 4. The number of hydrogen-bond acceptors (Lipinski definition) is 4. The van der Waals surface area contributed by atoms with Gasteiger partial charge in [0.05, 0.1) is 28.4 Å². The van der Waals surface area contributed by atoms with E-state index in [2.05, 4.69) is 30.8 Å². The van der Waals surface area contributed by atoms with E-state index < -0.39 is 0 Å². The monoisotopic (exact) mass is 370 g/mol. The Bertz CT molecular complexity index is 739. The molecule has 0 bridgehead atoms. The third kappa shape index (κ3) is 5.43. The van der Waals surface area contributed by atoms with Gasteiger partial charge in [-0.3, -0.25) is 0 Å². The smallest absolute Gasteiger partial charge is 0.160 e. The van der Waals surface area contributed by atoms with Crippen LogP contribution in [0.5, 0.6) is 23.0 Å². The highest BCUT2D eigenvalue weighted by molar-refractivity contribution is 5.44. The molecule has 2 rings (SSSR count). The first-order chi connectivity index (χ1) is 13.2. The largest absolute Gasteiger partial charge is 0.493 e. The molecule has 2 aromatic rings. The summed E-state index contributed by atoms with van der Waals surface area (Å²) in [7, 11) is 6.64. The Hall–Kier alpha value is -2.62. The van der Waals surface area contributed by atoms with E-state index in [-0.39, 0.29) is 0 Å². The van der Waals surface area contributed by atoms with E-state index in [1.54, 1.807) is 28.4 Å². The number of aryl methyl sites for hydroxylation is 1. The van der Waals surface area contributed by atoms with Crippen molar-refractivity contribution in [3.63, 3.8) is 0 Å². The maximum absolute atomic E-state index is 5.45. The van der Waals surface area contributed by atoms with Crippen molar-refractivity contribution in [3.8, 4) is 23.0 Å². The molecule has 1 atom stereocenters. The molecule has 4 heteroatoms. The molecule has 0 aliphatic carbocycles. The maximum atomic E-state index is 5.45. The highest BCUT2D eigenvalue weighted by atomic mass is 16.5. The summed E-state index contributed by atoms with van der Waals surface area (Å²) in [4.78, 5) is 0. The van der Waals surface area contributed by atoms with E-state index in [0.717, 1.165) is 48.7 Å². The Morgan fingerprint density at radius 3 is 2.00 bits per heavy atom. The average molecular weight is 370 g/mol. The molecule has 0 radical (unpaired) electrons. The third-order valence-corrected chi connectivity index (χ3v) is 4.80. The zero-order valence-corrected chi connectivity index (χ0v) is 16.8. The van der Waals surface area contributed by atoms with Gasteiger partial charge < -0.3 is 18.9 Å². The molecule has 0 aliphatic heterocycles. The van der Waals surface area contributed by atoms with Crippen molar-refractivity contribution in [1.29, 1.82) is 0 Å². The van der Waals surface area contributed by atoms with Gasteiger partial charge in [0.1, 0.15) is 0 Å². The van der Waals surface area contributed by atoms with Crippen LogP contribution >= 0.6 is 0 Å². The van der Waals surface area contributed by atoms with E-state index in [0.29, 0.717) is 5.92 Å². The Balaban J connectivity index is 2.05. The summed E-state index contributed by atoms with van der Waals surface area (Å²) in [6.45, 7) is 3.92. The summed E-state index contributed by atoms with van der Waals surface area (Å²) in [6.07, 6.45) is 6.04. The summed E-state index contributed by atoms with van der Waals surface area (Å²) in [5.74, 6) is 3.46. The van der Waals surface area contributed by atoms with Crippen molar-refractivity contribution in [1.82, 2.24) is 0 Å². The third-order valence-electron chi connectivity index (χ3n) is 4.80. The minimum atomic E-state index is 0.405. The summed E-state index contributed by atoms with van der Waals surface area (Å²) < 4.78 is 21.5. The summed E-state index contributed by atoms with van der Waals surface area (Å²) in [5.41, 5.74) is 2.50. The standard InChI is InChI=1S/C23H30O4/c1-6-8-18(19-12-14-21(25-3)23(16-19)27-5)10-7-9-17-11-13-20(24-2)22(15-17)26-4/h6,11-16,18H,1,7-10H2,2-5H3. The Morgan fingerprint density at radius 1 is 0.815 bits per heavy atom. The summed E-state index contributed by atoms with van der Waals surface area (Å²) in [6, 6.07) is 12.3. The number of hydrogen-bond donors (Lipinski definition) is 0. The Morgan fingerprint density at radius 2 is 1.41 bits per heavy atom. The van der Waals surface area contributed by atoms with Crippen molar-refractivity contribution in [2.75, 3.05) is 28.4 Å². The molecule has 1 unspecified atom stereocenters. The fourth-order valence-corrected chi connectivity index (χ4v) is 3.32. The van der Waals surface area contributed by atoms with Gasteiger partial charge in [-0.05, 0) is 67.0 Å². The van der Waals surface area contributed by atoms with Gasteiger partial charge in [-0.1, -0.05) is 18.2 Å². The molecule has 0 aromatic heterocycles. The number of methoxy groups -OCH3 is 4. The number of benzene rings is 2. The number of rotatable bonds is 11. The molecule has 2 aromatic carbocycles. The fraction of sp³-hybridized carbons (Fsp3) is 0.391. The van der Waals surface area contributed by atoms with Crippen LogP contribution in [-0.2, 0) is 6.42 Å². The van der Waals surface area contributed by atoms with Crippen LogP contribution in [0.1, 0.15) is 36.3 Å². The van der Waals surface area contributed by atoms with Gasteiger partial charge in [0.2, 0.25) is 0 Å². The fourth-order valence-electron chi connectivity index (χ4n) is 3.32. The van der Waals surface area contributed by atoms with Gasteiger partial charge in [0, 0.05) is 0 Å². The zero-order valence-electron chi connectivity index (χ0n) is 16.8. The second kappa shape index (κ2) is 10.5. The van der Waals surface area contributed by atoms with E-state index in [4.69, 9.17) is 18.9 Å². The van der Waals surface area contributed by atoms with Crippen LogP contribution in [-0.4, -0.2) is 28.4 Å². The molecule has 0 heterocycles. The lowest BCUT2D eigenvalue weighted by molar-refractivity contribution is 0.354. The van der Waals surface area contributed by atoms with Crippen molar-refractivity contribution in [2.45, 2.75) is 31.6 Å². The van der Waals surface area contributed by atoms with Crippen LogP contribution in [0.4, 0.5) is 0 Å². The van der Waals surface area contributed by atoms with Gasteiger partial charge in [0.15, 0.2) is 23.0 Å². The van der Waals surface area contributed by atoms with Crippen molar-refractivity contribution < 1.29 is 18.9 Å². The normalized spacial score (nSPS) is 11.6. The van der Waals surface area contributed by atoms with Gasteiger partial charge in [-0.15, -0.1) is 6.58 Å². The van der Waals surface area contributed by atoms with Crippen LogP contribution in [0.15, 0.2) is 49.1 Å². The Kier molecular flexibility index (Phi) is 8.05. The highest BCUT2D eigenvalue weighted by Gasteiger charge is 2.14. The predicted molar refractivity (Wildman–Crippen MR) is 110 cm³/mol. The molecular weight excluding hydrogens is 340 g/mol. The second-order valence-corrected chi connectivity index (χ2v) is 6.42. The van der Waals surface area contributed by atoms with Crippen LogP contribution in [0.3, 0.4) is 0 Å². The van der Waals surface area contributed by atoms with E-state index in [1.807, 2.05) is 18.2 Å². The molecule has 0 spiro atoms. The van der Waals surface area contributed by atoms with E-state index in [9.17, 15) is 0 Å². The van der Waals surface area contributed by atoms with Crippen molar-refractivity contribution >= 4 is 0 Å². The van der Waals surface area contributed by atoms with Gasteiger partial charge >= 0.3 is 0 Å². The first-order valence-corrected chi connectivity index (χ1v) is 9.20. The first-order valence-electron chi connectivity index (χ1n) is 9.20. The molecular formula is C23H30O4. The molecule has 0 saturated heterocycles. The topological polar surface area (TPSA) is 36.9 Å². The highest BCUT2D eigenvalue weighted by Crippen LogP contribution is 2.34.